The monoisotopic (exact) mass is 996 g/mol. The molecule has 78 heavy (non-hydrogen) atoms. The van der Waals surface area contributed by atoms with Gasteiger partial charge in [-0.05, 0) is 65.7 Å². The van der Waals surface area contributed by atoms with E-state index in [9.17, 15) is 5.26 Å². The van der Waals surface area contributed by atoms with Gasteiger partial charge in [0.25, 0.3) is 0 Å². The van der Waals surface area contributed by atoms with Crippen molar-refractivity contribution in [3.8, 4) is 73.9 Å². The molecule has 0 aliphatic rings. The Labute approximate surface area is 445 Å². The second-order valence-corrected chi connectivity index (χ2v) is 19.7. The Kier molecular flexibility index (Phi) is 9.53. The van der Waals surface area contributed by atoms with E-state index < -0.39 is 0 Å². The number of nitriles is 1. The van der Waals surface area contributed by atoms with Gasteiger partial charge < -0.3 is 18.0 Å². The molecule has 0 unspecified atom stereocenters. The summed E-state index contributed by atoms with van der Waals surface area (Å²) in [6, 6.07) is 86.0. The smallest absolute Gasteiger partial charge is 0.164 e. The first kappa shape index (κ1) is 43.5. The summed E-state index contributed by atoms with van der Waals surface area (Å²) in [4.78, 5) is 15.7. The number of hydrogen-bond acceptors (Lipinski definition) is 6. The Balaban J connectivity index is 1.14. The van der Waals surface area contributed by atoms with Crippen LogP contribution in [0.4, 0.5) is 0 Å². The molecule has 8 nitrogen and oxygen atoms in total. The van der Waals surface area contributed by atoms with E-state index in [4.69, 9.17) is 23.8 Å². The highest BCUT2D eigenvalue weighted by Crippen LogP contribution is 2.51. The van der Waals surface area contributed by atoms with Crippen molar-refractivity contribution >= 4 is 87.5 Å². The van der Waals surface area contributed by atoms with Crippen molar-refractivity contribution in [2.45, 2.75) is 0 Å². The zero-order valence-electron chi connectivity index (χ0n) is 41.6. The average molecular weight is 997 g/mol. The van der Waals surface area contributed by atoms with Crippen LogP contribution in [0.15, 0.2) is 251 Å². The molecule has 0 amide bonds. The number of nitrogens with zero attached hydrogens (tertiary/aromatic N) is 6. The summed E-state index contributed by atoms with van der Waals surface area (Å²) in [5.41, 5.74) is 15.0. The van der Waals surface area contributed by atoms with E-state index in [1.807, 2.05) is 97.1 Å². The van der Waals surface area contributed by atoms with Gasteiger partial charge >= 0.3 is 0 Å². The maximum atomic E-state index is 12.1. The minimum absolute atomic E-state index is 0.472. The third-order valence-corrected chi connectivity index (χ3v) is 15.4. The number of fused-ring (bicyclic) bond motifs is 14. The predicted molar refractivity (Wildman–Crippen MR) is 315 cm³/mol. The Morgan fingerprint density at radius 2 is 0.756 bits per heavy atom. The van der Waals surface area contributed by atoms with Crippen LogP contribution in [0.1, 0.15) is 5.56 Å². The van der Waals surface area contributed by atoms with E-state index in [0.29, 0.717) is 23.0 Å². The standard InChI is InChI=1S/C70H40N6O2/c71-41-45-40-54(46-26-10-11-29-51(46)70-73-68(43-22-6-2-7-23-43)72-69(74-70)44-24-8-3-9-25-44)67(76-56-33-17-13-28-48(56)50-37-39-60-63(66(50)76)53-31-15-19-35-58(53)78-60)61(42-20-4-1-5-21-42)64(45)75-55-32-16-12-27-47(55)49-36-38-59-62(65(49)75)52-30-14-18-34-57(52)77-59/h1-40H. The molecule has 0 saturated carbocycles. The highest BCUT2D eigenvalue weighted by molar-refractivity contribution is 6.27. The zero-order chi connectivity index (χ0) is 51.4. The molecule has 0 N–H and O–H groups in total. The molecule has 5 aromatic heterocycles. The van der Waals surface area contributed by atoms with Gasteiger partial charge in [0.1, 0.15) is 28.4 Å². The number of hydrogen-bond donors (Lipinski definition) is 0. The molecule has 0 atom stereocenters. The van der Waals surface area contributed by atoms with Gasteiger partial charge in [0.15, 0.2) is 17.5 Å². The number of benzene rings is 11. The Hall–Kier alpha value is -10.9. The lowest BCUT2D eigenvalue weighted by atomic mass is 9.88. The van der Waals surface area contributed by atoms with Crippen LogP contribution in [0.2, 0.25) is 0 Å². The van der Waals surface area contributed by atoms with Crippen molar-refractivity contribution in [1.82, 2.24) is 24.1 Å². The Morgan fingerprint density at radius 3 is 1.28 bits per heavy atom. The van der Waals surface area contributed by atoms with Crippen LogP contribution < -0.4 is 0 Å². The minimum Gasteiger partial charge on any atom is -0.456 e. The van der Waals surface area contributed by atoms with Crippen LogP contribution in [-0.2, 0) is 0 Å². The second-order valence-electron chi connectivity index (χ2n) is 19.7. The van der Waals surface area contributed by atoms with Crippen molar-refractivity contribution in [1.29, 1.82) is 5.26 Å². The van der Waals surface area contributed by atoms with Crippen LogP contribution in [-0.4, -0.2) is 24.1 Å². The maximum absolute atomic E-state index is 12.1. The molecule has 5 heterocycles. The maximum Gasteiger partial charge on any atom is 0.164 e. The quantitative estimate of drug-likeness (QED) is 0.158. The van der Waals surface area contributed by atoms with Gasteiger partial charge in [-0.25, -0.2) is 15.0 Å². The van der Waals surface area contributed by atoms with E-state index in [2.05, 4.69) is 161 Å². The van der Waals surface area contributed by atoms with E-state index in [1.165, 1.54) is 0 Å². The van der Waals surface area contributed by atoms with Crippen LogP contribution in [0, 0.1) is 11.3 Å². The molecule has 0 aliphatic carbocycles. The van der Waals surface area contributed by atoms with Crippen molar-refractivity contribution in [3.63, 3.8) is 0 Å². The van der Waals surface area contributed by atoms with Crippen LogP contribution in [0.3, 0.4) is 0 Å². The van der Waals surface area contributed by atoms with E-state index >= 15 is 0 Å². The molecular formula is C70H40N6O2. The van der Waals surface area contributed by atoms with E-state index in [-0.39, 0.29) is 0 Å². The molecule has 16 rings (SSSR count). The van der Waals surface area contributed by atoms with Crippen LogP contribution in [0.25, 0.3) is 155 Å². The van der Waals surface area contributed by atoms with Gasteiger partial charge in [-0.3, -0.25) is 0 Å². The van der Waals surface area contributed by atoms with E-state index in [0.717, 1.165) is 138 Å². The first-order chi connectivity index (χ1) is 38.7. The SMILES string of the molecule is N#Cc1cc(-c2ccccc2-c2nc(-c3ccccc3)nc(-c3ccccc3)n2)c(-n2c3ccccc3c3ccc4oc5ccccc5c4c32)c(-c2ccccc2)c1-n1c2ccccc2c2ccc3oc4ccccc4c3c21. The topological polar surface area (TPSA) is 98.6 Å². The average Bonchev–Trinajstić information content (AvgIpc) is 4.19. The predicted octanol–water partition coefficient (Wildman–Crippen LogP) is 18.1. The molecule has 11 aromatic carbocycles. The summed E-state index contributed by atoms with van der Waals surface area (Å²) >= 11 is 0. The molecule has 0 fully saturated rings. The summed E-state index contributed by atoms with van der Waals surface area (Å²) in [5.74, 6) is 1.59. The minimum atomic E-state index is 0.472. The summed E-state index contributed by atoms with van der Waals surface area (Å²) in [6.45, 7) is 0. The van der Waals surface area contributed by atoms with Crippen molar-refractivity contribution in [2.24, 2.45) is 0 Å². The molecule has 0 spiro atoms. The molecule has 0 bridgehead atoms. The fourth-order valence-electron chi connectivity index (χ4n) is 12.1. The summed E-state index contributed by atoms with van der Waals surface area (Å²) in [6.07, 6.45) is 0. The summed E-state index contributed by atoms with van der Waals surface area (Å²) in [7, 11) is 0. The van der Waals surface area contributed by atoms with Gasteiger partial charge in [0.2, 0.25) is 0 Å². The number of furan rings is 2. The number of rotatable bonds is 7. The molecule has 16 aromatic rings. The first-order valence-electron chi connectivity index (χ1n) is 26.0. The number of para-hydroxylation sites is 4. The lowest BCUT2D eigenvalue weighted by Crippen LogP contribution is -2.09. The molecule has 362 valence electrons. The van der Waals surface area contributed by atoms with E-state index in [1.54, 1.807) is 0 Å². The van der Waals surface area contributed by atoms with Gasteiger partial charge in [-0.15, -0.1) is 0 Å². The molecule has 0 saturated heterocycles. The largest absolute Gasteiger partial charge is 0.456 e. The fraction of sp³-hybridized carbons (Fsp3) is 0. The lowest BCUT2D eigenvalue weighted by molar-refractivity contribution is 0.669. The van der Waals surface area contributed by atoms with Gasteiger partial charge in [0, 0.05) is 60.1 Å². The summed E-state index contributed by atoms with van der Waals surface area (Å²) < 4.78 is 18.2. The lowest BCUT2D eigenvalue weighted by Gasteiger charge is -2.25. The zero-order valence-corrected chi connectivity index (χ0v) is 41.6. The molecule has 0 aliphatic heterocycles. The van der Waals surface area contributed by atoms with Gasteiger partial charge in [-0.2, -0.15) is 5.26 Å². The van der Waals surface area contributed by atoms with Crippen molar-refractivity contribution in [3.05, 3.63) is 248 Å². The Morgan fingerprint density at radius 1 is 0.333 bits per heavy atom. The van der Waals surface area contributed by atoms with Crippen molar-refractivity contribution < 1.29 is 8.83 Å². The first-order valence-corrected chi connectivity index (χ1v) is 26.0. The van der Waals surface area contributed by atoms with Crippen LogP contribution in [0.5, 0.6) is 0 Å². The molecular weight excluding hydrogens is 957 g/mol. The fourth-order valence-corrected chi connectivity index (χ4v) is 12.1. The number of aromatic nitrogens is 5. The third-order valence-electron chi connectivity index (χ3n) is 15.4. The normalized spacial score (nSPS) is 11.8. The summed E-state index contributed by atoms with van der Waals surface area (Å²) in [5, 5.41) is 20.3. The molecule has 0 radical (unpaired) electrons. The highest BCUT2D eigenvalue weighted by atomic mass is 16.3. The van der Waals surface area contributed by atoms with Gasteiger partial charge in [-0.1, -0.05) is 188 Å². The second kappa shape index (κ2) is 17.1. The molecule has 8 heteroatoms. The third kappa shape index (κ3) is 6.43. The van der Waals surface area contributed by atoms with Crippen molar-refractivity contribution in [2.75, 3.05) is 0 Å². The van der Waals surface area contributed by atoms with Crippen LogP contribution >= 0.6 is 0 Å². The van der Waals surface area contributed by atoms with Gasteiger partial charge in [0.05, 0.1) is 49.8 Å². The highest BCUT2D eigenvalue weighted by Gasteiger charge is 2.31. The Bertz CT molecular complexity index is 5100.